The summed E-state index contributed by atoms with van der Waals surface area (Å²) in [5.41, 5.74) is 1.41. The number of para-hydroxylation sites is 2. The van der Waals surface area contributed by atoms with Crippen molar-refractivity contribution in [2.45, 2.75) is 24.2 Å². The summed E-state index contributed by atoms with van der Waals surface area (Å²) in [6, 6.07) is 10.6. The molecule has 7 nitrogen and oxygen atoms in total. The number of hydrogen-bond acceptors (Lipinski definition) is 7. The Kier molecular flexibility index (Phi) is 4.96. The number of aromatic nitrogens is 1. The number of carbonyl (C=O) groups excluding carboxylic acids is 1. The molecule has 1 amide bonds. The second-order valence-corrected chi connectivity index (χ2v) is 9.55. The van der Waals surface area contributed by atoms with E-state index in [-0.39, 0.29) is 35.8 Å². The average Bonchev–Trinajstić information content (AvgIpc) is 3.36. The minimum Gasteiger partial charge on any atom is -0.467 e. The van der Waals surface area contributed by atoms with Crippen LogP contribution in [0.2, 0.25) is 0 Å². The summed E-state index contributed by atoms with van der Waals surface area (Å²) in [5.74, 6) is 0.676. The monoisotopic (exact) mass is 406 g/mol. The van der Waals surface area contributed by atoms with Gasteiger partial charge in [0.25, 0.3) is 5.22 Å². The molecule has 3 heterocycles. The number of furan rings is 1. The Labute approximate surface area is 160 Å². The summed E-state index contributed by atoms with van der Waals surface area (Å²) >= 11 is 1.20. The molecule has 1 fully saturated rings. The fraction of sp³-hybridized carbons (Fsp3) is 0.333. The number of carbonyl (C=O) groups is 1. The Morgan fingerprint density at radius 1 is 1.26 bits per heavy atom. The number of nitrogens with zero attached hydrogens (tertiary/aromatic N) is 2. The molecule has 1 aliphatic rings. The number of rotatable bonds is 6. The zero-order valence-electron chi connectivity index (χ0n) is 14.4. The van der Waals surface area contributed by atoms with Gasteiger partial charge >= 0.3 is 0 Å². The Morgan fingerprint density at radius 3 is 2.81 bits per heavy atom. The lowest BCUT2D eigenvalue weighted by Gasteiger charge is -2.27. The van der Waals surface area contributed by atoms with Crippen LogP contribution in [0.3, 0.4) is 0 Å². The molecule has 1 atom stereocenters. The number of sulfone groups is 1. The molecule has 0 unspecified atom stereocenters. The van der Waals surface area contributed by atoms with Gasteiger partial charge in [-0.3, -0.25) is 4.79 Å². The second-order valence-electron chi connectivity index (χ2n) is 6.39. The van der Waals surface area contributed by atoms with Crippen LogP contribution in [0.4, 0.5) is 0 Å². The van der Waals surface area contributed by atoms with Crippen molar-refractivity contribution in [3.05, 3.63) is 48.4 Å². The maximum atomic E-state index is 12.9. The van der Waals surface area contributed by atoms with Gasteiger partial charge in [-0.2, -0.15) is 0 Å². The molecule has 0 saturated carbocycles. The van der Waals surface area contributed by atoms with Crippen LogP contribution in [0.1, 0.15) is 12.2 Å². The molecule has 27 heavy (non-hydrogen) atoms. The Balaban J connectivity index is 1.47. The quantitative estimate of drug-likeness (QED) is 0.581. The summed E-state index contributed by atoms with van der Waals surface area (Å²) in [7, 11) is -3.10. The number of amides is 1. The minimum absolute atomic E-state index is 0.00694. The van der Waals surface area contributed by atoms with Gasteiger partial charge in [0.2, 0.25) is 5.91 Å². The van der Waals surface area contributed by atoms with Crippen molar-refractivity contribution in [3.8, 4) is 0 Å². The van der Waals surface area contributed by atoms with Crippen LogP contribution in [0, 0.1) is 0 Å². The largest absolute Gasteiger partial charge is 0.467 e. The summed E-state index contributed by atoms with van der Waals surface area (Å²) in [4.78, 5) is 18.8. The van der Waals surface area contributed by atoms with E-state index in [2.05, 4.69) is 4.98 Å². The van der Waals surface area contributed by atoms with Crippen LogP contribution >= 0.6 is 11.8 Å². The lowest BCUT2D eigenvalue weighted by atomic mass is 10.2. The first-order valence-corrected chi connectivity index (χ1v) is 11.3. The average molecular weight is 406 g/mol. The van der Waals surface area contributed by atoms with E-state index in [0.717, 1.165) is 5.52 Å². The van der Waals surface area contributed by atoms with Crippen molar-refractivity contribution in [1.29, 1.82) is 0 Å². The first-order valence-electron chi connectivity index (χ1n) is 8.51. The molecule has 1 saturated heterocycles. The maximum absolute atomic E-state index is 12.9. The van der Waals surface area contributed by atoms with Crippen molar-refractivity contribution in [2.24, 2.45) is 0 Å². The summed E-state index contributed by atoms with van der Waals surface area (Å²) in [6.07, 6.45) is 1.98. The van der Waals surface area contributed by atoms with Gasteiger partial charge in [-0.1, -0.05) is 23.9 Å². The van der Waals surface area contributed by atoms with Crippen molar-refractivity contribution >= 4 is 38.6 Å². The number of benzene rings is 1. The zero-order valence-corrected chi connectivity index (χ0v) is 16.0. The molecule has 0 N–H and O–H groups in total. The molecule has 0 spiro atoms. The third-order valence-corrected chi connectivity index (χ3v) is 7.03. The summed E-state index contributed by atoms with van der Waals surface area (Å²) in [5, 5.41) is 0.418. The van der Waals surface area contributed by atoms with Gasteiger partial charge in [-0.05, 0) is 30.7 Å². The van der Waals surface area contributed by atoms with Crippen LogP contribution in [-0.2, 0) is 21.2 Å². The highest BCUT2D eigenvalue weighted by Gasteiger charge is 2.35. The van der Waals surface area contributed by atoms with Gasteiger partial charge in [0.15, 0.2) is 15.4 Å². The molecule has 3 aromatic rings. The molecule has 1 aromatic carbocycles. The predicted octanol–water partition coefficient (Wildman–Crippen LogP) is 2.73. The van der Waals surface area contributed by atoms with Crippen LogP contribution in [0.5, 0.6) is 0 Å². The molecular formula is C18H18N2O5S2. The van der Waals surface area contributed by atoms with E-state index >= 15 is 0 Å². The van der Waals surface area contributed by atoms with E-state index in [9.17, 15) is 13.2 Å². The highest BCUT2D eigenvalue weighted by Crippen LogP contribution is 2.26. The van der Waals surface area contributed by atoms with E-state index in [1.54, 1.807) is 17.0 Å². The molecule has 1 aliphatic heterocycles. The number of hydrogen-bond donors (Lipinski definition) is 0. The molecule has 2 aromatic heterocycles. The minimum atomic E-state index is -3.10. The predicted molar refractivity (Wildman–Crippen MR) is 101 cm³/mol. The highest BCUT2D eigenvalue weighted by atomic mass is 32.2. The fourth-order valence-electron chi connectivity index (χ4n) is 3.13. The lowest BCUT2D eigenvalue weighted by Crippen LogP contribution is -2.41. The molecule has 142 valence electrons. The number of fused-ring (bicyclic) bond motifs is 1. The standard InChI is InChI=1S/C18H18N2O5S2/c21-17(11-26-18-19-15-5-1-2-6-16(15)25-18)20(10-14-4-3-8-24-14)13-7-9-27(22,23)12-13/h1-6,8,13H,7,9-12H2/t13-/m1/s1. The smallest absolute Gasteiger partial charge is 0.257 e. The van der Waals surface area contributed by atoms with Crippen LogP contribution in [0.15, 0.2) is 56.7 Å². The summed E-state index contributed by atoms with van der Waals surface area (Å²) in [6.45, 7) is 0.250. The van der Waals surface area contributed by atoms with Gasteiger partial charge in [-0.15, -0.1) is 0 Å². The van der Waals surface area contributed by atoms with E-state index in [0.29, 0.717) is 23.0 Å². The van der Waals surface area contributed by atoms with Gasteiger partial charge in [0.05, 0.1) is 30.1 Å². The van der Waals surface area contributed by atoms with Gasteiger partial charge < -0.3 is 13.7 Å². The second kappa shape index (κ2) is 7.40. The van der Waals surface area contributed by atoms with E-state index < -0.39 is 9.84 Å². The number of oxazole rings is 1. The fourth-order valence-corrected chi connectivity index (χ4v) is 5.59. The molecule has 0 radical (unpaired) electrons. The van der Waals surface area contributed by atoms with Crippen LogP contribution in [-0.4, -0.2) is 47.5 Å². The van der Waals surface area contributed by atoms with Crippen molar-refractivity contribution < 1.29 is 22.0 Å². The van der Waals surface area contributed by atoms with Gasteiger partial charge in [0, 0.05) is 6.04 Å². The van der Waals surface area contributed by atoms with E-state index in [1.807, 2.05) is 24.3 Å². The van der Waals surface area contributed by atoms with Gasteiger partial charge in [-0.25, -0.2) is 13.4 Å². The highest BCUT2D eigenvalue weighted by molar-refractivity contribution is 7.99. The van der Waals surface area contributed by atoms with Crippen molar-refractivity contribution in [2.75, 3.05) is 17.3 Å². The maximum Gasteiger partial charge on any atom is 0.257 e. The summed E-state index contributed by atoms with van der Waals surface area (Å²) < 4.78 is 34.7. The number of thioether (sulfide) groups is 1. The molecule has 9 heteroatoms. The molecule has 0 aliphatic carbocycles. The van der Waals surface area contributed by atoms with E-state index in [4.69, 9.17) is 8.83 Å². The normalized spacial score (nSPS) is 18.7. The third-order valence-electron chi connectivity index (χ3n) is 4.47. The SMILES string of the molecule is O=C(CSc1nc2ccccc2o1)N(Cc1ccco1)[C@@H]1CCS(=O)(=O)C1. The Hall–Kier alpha value is -2.26. The van der Waals surface area contributed by atoms with Crippen molar-refractivity contribution in [1.82, 2.24) is 9.88 Å². The molecule has 4 rings (SSSR count). The Morgan fingerprint density at radius 2 is 2.11 bits per heavy atom. The first kappa shape index (κ1) is 18.1. The molecule has 0 bridgehead atoms. The lowest BCUT2D eigenvalue weighted by molar-refractivity contribution is -0.131. The zero-order chi connectivity index (χ0) is 18.9. The first-order chi connectivity index (χ1) is 13.0. The van der Waals surface area contributed by atoms with Crippen LogP contribution in [0.25, 0.3) is 11.1 Å². The van der Waals surface area contributed by atoms with Crippen molar-refractivity contribution in [3.63, 3.8) is 0 Å². The molecular weight excluding hydrogens is 388 g/mol. The topological polar surface area (TPSA) is 93.6 Å². The van der Waals surface area contributed by atoms with Gasteiger partial charge in [0.1, 0.15) is 11.3 Å². The third kappa shape index (κ3) is 4.19. The Bertz CT molecular complexity index is 1010. The van der Waals surface area contributed by atoms with Crippen LogP contribution < -0.4 is 0 Å². The van der Waals surface area contributed by atoms with E-state index in [1.165, 1.54) is 18.0 Å².